The standard InChI is InChI=1S/C15H22/c1-15-11-5-4-7-13(15)10-9-12-6-2-3-8-14(12)15/h9-10,14H,2-8,11H2,1H3/t14-,15-/m0/s1. The van der Waals surface area contributed by atoms with Crippen molar-refractivity contribution in [1.29, 1.82) is 0 Å². The Hall–Kier alpha value is -0.520. The van der Waals surface area contributed by atoms with E-state index in [1.54, 1.807) is 11.1 Å². The van der Waals surface area contributed by atoms with Crippen molar-refractivity contribution in [3.8, 4) is 0 Å². The molecule has 3 aliphatic rings. The Morgan fingerprint density at radius 2 is 1.93 bits per heavy atom. The van der Waals surface area contributed by atoms with Crippen LogP contribution in [0.3, 0.4) is 0 Å². The molecule has 0 aromatic carbocycles. The summed E-state index contributed by atoms with van der Waals surface area (Å²) in [5.41, 5.74) is 4.10. The van der Waals surface area contributed by atoms with Crippen LogP contribution >= 0.6 is 0 Å². The minimum atomic E-state index is 0.558. The maximum Gasteiger partial charge on any atom is -0.00478 e. The van der Waals surface area contributed by atoms with Gasteiger partial charge in [-0.15, -0.1) is 0 Å². The highest BCUT2D eigenvalue weighted by molar-refractivity contribution is 5.35. The first-order valence-electron chi connectivity index (χ1n) is 6.71. The lowest BCUT2D eigenvalue weighted by Gasteiger charge is -2.48. The Kier molecular flexibility index (Phi) is 2.26. The summed E-state index contributed by atoms with van der Waals surface area (Å²) in [4.78, 5) is 0. The van der Waals surface area contributed by atoms with Gasteiger partial charge < -0.3 is 0 Å². The summed E-state index contributed by atoms with van der Waals surface area (Å²) in [7, 11) is 0. The molecule has 0 spiro atoms. The maximum atomic E-state index is 2.54. The highest BCUT2D eigenvalue weighted by Crippen LogP contribution is 2.54. The molecule has 0 amide bonds. The lowest BCUT2D eigenvalue weighted by molar-refractivity contribution is 0.181. The van der Waals surface area contributed by atoms with Gasteiger partial charge in [0.1, 0.15) is 0 Å². The zero-order valence-electron chi connectivity index (χ0n) is 9.89. The molecule has 3 aliphatic carbocycles. The fraction of sp³-hybridized carbons (Fsp3) is 0.733. The molecule has 2 saturated carbocycles. The van der Waals surface area contributed by atoms with E-state index in [4.69, 9.17) is 0 Å². The maximum absolute atomic E-state index is 2.54. The topological polar surface area (TPSA) is 0 Å². The third-order valence-electron chi connectivity index (χ3n) is 5.05. The first-order valence-corrected chi connectivity index (χ1v) is 6.71. The number of allylic oxidation sites excluding steroid dienone is 4. The van der Waals surface area contributed by atoms with Gasteiger partial charge in [0.2, 0.25) is 0 Å². The second kappa shape index (κ2) is 3.50. The normalized spacial score (nSPS) is 39.9. The average molecular weight is 202 g/mol. The fourth-order valence-corrected chi connectivity index (χ4v) is 4.10. The van der Waals surface area contributed by atoms with Gasteiger partial charge >= 0.3 is 0 Å². The van der Waals surface area contributed by atoms with E-state index in [0.29, 0.717) is 5.41 Å². The predicted octanol–water partition coefficient (Wildman–Crippen LogP) is 4.62. The van der Waals surface area contributed by atoms with Gasteiger partial charge in [0, 0.05) is 0 Å². The molecule has 0 heterocycles. The van der Waals surface area contributed by atoms with Crippen molar-refractivity contribution in [3.05, 3.63) is 23.3 Å². The summed E-state index contributed by atoms with van der Waals surface area (Å²) < 4.78 is 0. The molecule has 0 heteroatoms. The van der Waals surface area contributed by atoms with Gasteiger partial charge in [-0.05, 0) is 49.9 Å². The van der Waals surface area contributed by atoms with Crippen molar-refractivity contribution < 1.29 is 0 Å². The molecule has 0 saturated heterocycles. The van der Waals surface area contributed by atoms with E-state index < -0.39 is 0 Å². The lowest BCUT2D eigenvalue weighted by Crippen LogP contribution is -2.36. The molecular formula is C15H22. The van der Waals surface area contributed by atoms with Crippen LogP contribution in [0.4, 0.5) is 0 Å². The van der Waals surface area contributed by atoms with E-state index in [9.17, 15) is 0 Å². The molecule has 0 unspecified atom stereocenters. The molecule has 0 nitrogen and oxygen atoms in total. The fourth-order valence-electron chi connectivity index (χ4n) is 4.10. The Balaban J connectivity index is 1.98. The van der Waals surface area contributed by atoms with Gasteiger partial charge in [-0.25, -0.2) is 0 Å². The quantitative estimate of drug-likeness (QED) is 0.537. The smallest absolute Gasteiger partial charge is 0.00478 e. The summed E-state index contributed by atoms with van der Waals surface area (Å²) in [6, 6.07) is 0. The Bertz CT molecular complexity index is 321. The van der Waals surface area contributed by atoms with Crippen LogP contribution in [0.1, 0.15) is 58.3 Å². The van der Waals surface area contributed by atoms with Crippen molar-refractivity contribution in [3.63, 3.8) is 0 Å². The number of rotatable bonds is 0. The molecule has 0 N–H and O–H groups in total. The van der Waals surface area contributed by atoms with Gasteiger partial charge in [-0.1, -0.05) is 43.1 Å². The van der Waals surface area contributed by atoms with E-state index in [-0.39, 0.29) is 0 Å². The Morgan fingerprint density at radius 1 is 1.07 bits per heavy atom. The SMILES string of the molecule is C[C@]12CCCCC1=CC=C1CCCC[C@@H]12. The van der Waals surface area contributed by atoms with E-state index >= 15 is 0 Å². The Morgan fingerprint density at radius 3 is 2.87 bits per heavy atom. The molecule has 3 rings (SSSR count). The molecule has 15 heavy (non-hydrogen) atoms. The second-order valence-electron chi connectivity index (χ2n) is 5.86. The molecule has 0 bridgehead atoms. The van der Waals surface area contributed by atoms with Crippen LogP contribution in [0.2, 0.25) is 0 Å². The summed E-state index contributed by atoms with van der Waals surface area (Å²) in [5, 5.41) is 0. The lowest BCUT2D eigenvalue weighted by atomic mass is 9.57. The average Bonchev–Trinajstić information content (AvgIpc) is 2.29. The van der Waals surface area contributed by atoms with Crippen molar-refractivity contribution in [2.75, 3.05) is 0 Å². The monoisotopic (exact) mass is 202 g/mol. The summed E-state index contributed by atoms with van der Waals surface area (Å²) >= 11 is 0. The van der Waals surface area contributed by atoms with Crippen LogP contribution in [-0.2, 0) is 0 Å². The van der Waals surface area contributed by atoms with E-state index in [2.05, 4.69) is 19.1 Å². The van der Waals surface area contributed by atoms with Crippen LogP contribution in [0.15, 0.2) is 23.3 Å². The van der Waals surface area contributed by atoms with Gasteiger partial charge in [0.05, 0.1) is 0 Å². The first-order chi connectivity index (χ1) is 7.31. The summed E-state index contributed by atoms with van der Waals surface area (Å²) in [5.74, 6) is 0.909. The summed E-state index contributed by atoms with van der Waals surface area (Å²) in [6.07, 6.45) is 16.4. The van der Waals surface area contributed by atoms with Crippen LogP contribution in [0, 0.1) is 11.3 Å². The number of hydrogen-bond acceptors (Lipinski definition) is 0. The highest BCUT2D eigenvalue weighted by atomic mass is 14.5. The van der Waals surface area contributed by atoms with Crippen LogP contribution < -0.4 is 0 Å². The molecular weight excluding hydrogens is 180 g/mol. The molecule has 0 aromatic rings. The van der Waals surface area contributed by atoms with E-state index in [1.165, 1.54) is 51.4 Å². The Labute approximate surface area is 93.5 Å². The summed E-state index contributed by atoms with van der Waals surface area (Å²) in [6.45, 7) is 2.54. The van der Waals surface area contributed by atoms with E-state index in [1.807, 2.05) is 0 Å². The van der Waals surface area contributed by atoms with Crippen LogP contribution in [-0.4, -0.2) is 0 Å². The molecule has 0 radical (unpaired) electrons. The molecule has 2 fully saturated rings. The number of hydrogen-bond donors (Lipinski definition) is 0. The number of fused-ring (bicyclic) bond motifs is 3. The van der Waals surface area contributed by atoms with Gasteiger partial charge in [-0.3, -0.25) is 0 Å². The zero-order valence-corrected chi connectivity index (χ0v) is 9.89. The predicted molar refractivity (Wildman–Crippen MR) is 64.7 cm³/mol. The minimum Gasteiger partial charge on any atom is -0.0662 e. The first kappa shape index (κ1) is 9.69. The zero-order chi connectivity index (χ0) is 10.3. The van der Waals surface area contributed by atoms with Gasteiger partial charge in [0.25, 0.3) is 0 Å². The second-order valence-corrected chi connectivity index (χ2v) is 5.86. The third kappa shape index (κ3) is 1.41. The van der Waals surface area contributed by atoms with Gasteiger partial charge in [-0.2, -0.15) is 0 Å². The van der Waals surface area contributed by atoms with E-state index in [0.717, 1.165) is 5.92 Å². The van der Waals surface area contributed by atoms with Crippen molar-refractivity contribution in [1.82, 2.24) is 0 Å². The molecule has 0 aromatic heterocycles. The van der Waals surface area contributed by atoms with Crippen molar-refractivity contribution in [2.45, 2.75) is 58.3 Å². The van der Waals surface area contributed by atoms with Crippen LogP contribution in [0.5, 0.6) is 0 Å². The van der Waals surface area contributed by atoms with Crippen LogP contribution in [0.25, 0.3) is 0 Å². The third-order valence-corrected chi connectivity index (χ3v) is 5.05. The minimum absolute atomic E-state index is 0.558. The highest BCUT2D eigenvalue weighted by Gasteiger charge is 2.42. The van der Waals surface area contributed by atoms with Crippen molar-refractivity contribution >= 4 is 0 Å². The molecule has 2 atom stereocenters. The van der Waals surface area contributed by atoms with Crippen molar-refractivity contribution in [2.24, 2.45) is 11.3 Å². The largest absolute Gasteiger partial charge is 0.0662 e. The molecule has 0 aliphatic heterocycles. The molecule has 82 valence electrons. The van der Waals surface area contributed by atoms with Gasteiger partial charge in [0.15, 0.2) is 0 Å².